The average molecular weight is 330 g/mol. The first-order chi connectivity index (χ1) is 10.2. The maximum Gasteiger partial charge on any atom is 0.410 e. The van der Waals surface area contributed by atoms with Crippen LogP contribution < -0.4 is 5.32 Å². The van der Waals surface area contributed by atoms with Crippen molar-refractivity contribution in [1.29, 1.82) is 0 Å². The molecule has 0 radical (unpaired) electrons. The van der Waals surface area contributed by atoms with E-state index in [1.165, 1.54) is 0 Å². The van der Waals surface area contributed by atoms with Gasteiger partial charge >= 0.3 is 6.09 Å². The summed E-state index contributed by atoms with van der Waals surface area (Å²) >= 11 is 0. The van der Waals surface area contributed by atoms with Crippen molar-refractivity contribution in [2.75, 3.05) is 12.8 Å². The van der Waals surface area contributed by atoms with E-state index in [1.807, 2.05) is 32.6 Å². The second kappa shape index (κ2) is 6.87. The zero-order valence-electron chi connectivity index (χ0n) is 14.4. The molecule has 2 saturated heterocycles. The Labute approximate surface area is 136 Å². The largest absolute Gasteiger partial charge is 0.444 e. The molecule has 2 bridgehead atoms. The van der Waals surface area contributed by atoms with Crippen LogP contribution >= 0.6 is 0 Å². The Kier molecular flexibility index (Phi) is 5.54. The quantitative estimate of drug-likeness (QED) is 0.859. The summed E-state index contributed by atoms with van der Waals surface area (Å²) in [4.78, 5) is 14.3. The Morgan fingerprint density at radius 3 is 2.32 bits per heavy atom. The number of fused-ring (bicyclic) bond motifs is 2. The van der Waals surface area contributed by atoms with Crippen LogP contribution in [0.3, 0.4) is 0 Å². The molecule has 6 heteroatoms. The molecule has 0 aromatic rings. The van der Waals surface area contributed by atoms with Crippen molar-refractivity contribution in [1.82, 2.24) is 10.2 Å². The third-order valence-corrected chi connectivity index (χ3v) is 5.90. The molecule has 22 heavy (non-hydrogen) atoms. The standard InChI is InChI=1S/C16H30N2O3S/c1-11(22(5)20)10-17-12-8-13-6-7-14(9-12)18(13)15(19)21-16(2,3)4/h11-14,17H,6-10H2,1-5H3/t11-,12?,13-,14+,22-/m0/s1. The number of ether oxygens (including phenoxy) is 1. The van der Waals surface area contributed by atoms with E-state index in [2.05, 4.69) is 5.32 Å². The molecular formula is C16H30N2O3S. The maximum atomic E-state index is 12.4. The number of nitrogens with one attached hydrogen (secondary N) is 1. The number of carbonyl (C=O) groups excluding carboxylic acids is 1. The molecule has 0 aromatic carbocycles. The van der Waals surface area contributed by atoms with Crippen molar-refractivity contribution >= 4 is 16.9 Å². The van der Waals surface area contributed by atoms with Crippen LogP contribution in [0.1, 0.15) is 53.4 Å². The van der Waals surface area contributed by atoms with Gasteiger partial charge in [0.15, 0.2) is 0 Å². The monoisotopic (exact) mass is 330 g/mol. The summed E-state index contributed by atoms with van der Waals surface area (Å²) in [5.74, 6) is 0. The fourth-order valence-corrected chi connectivity index (χ4v) is 3.74. The second-order valence-electron chi connectivity index (χ2n) is 7.66. The normalized spacial score (nSPS) is 31.0. The van der Waals surface area contributed by atoms with E-state index < -0.39 is 16.4 Å². The van der Waals surface area contributed by atoms with E-state index >= 15 is 0 Å². The average Bonchev–Trinajstić information content (AvgIpc) is 2.65. The minimum atomic E-state index is -0.789. The summed E-state index contributed by atoms with van der Waals surface area (Å²) in [6.07, 6.45) is 5.66. The number of hydrogen-bond donors (Lipinski definition) is 1. The highest BCUT2D eigenvalue weighted by Gasteiger charge is 2.44. The molecule has 0 spiro atoms. The second-order valence-corrected chi connectivity index (χ2v) is 9.46. The molecule has 1 unspecified atom stereocenters. The molecule has 2 aliphatic heterocycles. The lowest BCUT2D eigenvalue weighted by atomic mass is 9.97. The molecule has 2 fully saturated rings. The van der Waals surface area contributed by atoms with Gasteiger partial charge in [0.25, 0.3) is 0 Å². The van der Waals surface area contributed by atoms with Crippen molar-refractivity contribution < 1.29 is 13.7 Å². The van der Waals surface area contributed by atoms with Gasteiger partial charge in [-0.3, -0.25) is 4.21 Å². The molecule has 0 aliphatic carbocycles. The van der Waals surface area contributed by atoms with Gasteiger partial charge in [0.05, 0.1) is 0 Å². The minimum Gasteiger partial charge on any atom is -0.444 e. The van der Waals surface area contributed by atoms with Crippen LogP contribution in [-0.2, 0) is 15.5 Å². The predicted molar refractivity (Wildman–Crippen MR) is 89.4 cm³/mol. The van der Waals surface area contributed by atoms with Gasteiger partial charge in [0.1, 0.15) is 5.60 Å². The first-order valence-corrected chi connectivity index (χ1v) is 9.86. The number of nitrogens with zero attached hydrogens (tertiary/aromatic N) is 1. The minimum absolute atomic E-state index is 0.165. The lowest BCUT2D eigenvalue weighted by Gasteiger charge is -2.40. The summed E-state index contributed by atoms with van der Waals surface area (Å²) in [5, 5.41) is 3.71. The highest BCUT2D eigenvalue weighted by molar-refractivity contribution is 7.84. The summed E-state index contributed by atoms with van der Waals surface area (Å²) in [7, 11) is -0.789. The van der Waals surface area contributed by atoms with Crippen LogP contribution in [0.2, 0.25) is 0 Å². The number of rotatable bonds is 4. The van der Waals surface area contributed by atoms with Crippen molar-refractivity contribution in [3.8, 4) is 0 Å². The summed E-state index contributed by atoms with van der Waals surface area (Å²) in [6.45, 7) is 8.52. The van der Waals surface area contributed by atoms with Crippen LogP contribution in [0.15, 0.2) is 0 Å². The Morgan fingerprint density at radius 1 is 1.32 bits per heavy atom. The van der Waals surface area contributed by atoms with E-state index in [4.69, 9.17) is 4.74 Å². The van der Waals surface area contributed by atoms with Gasteiger partial charge in [-0.25, -0.2) is 4.79 Å². The number of hydrogen-bond acceptors (Lipinski definition) is 4. The van der Waals surface area contributed by atoms with Gasteiger partial charge < -0.3 is 15.0 Å². The van der Waals surface area contributed by atoms with E-state index in [0.29, 0.717) is 6.04 Å². The molecule has 0 aromatic heterocycles. The van der Waals surface area contributed by atoms with E-state index in [0.717, 1.165) is 32.2 Å². The predicted octanol–water partition coefficient (Wildman–Crippen LogP) is 2.27. The SMILES string of the molecule is C[C@@H](CNC1C[C@H]2CC[C@@H](C1)N2C(=O)OC(C)(C)C)[S@](C)=O. The molecule has 2 aliphatic rings. The van der Waals surface area contributed by atoms with Gasteiger partial charge in [-0.15, -0.1) is 0 Å². The Hall–Kier alpha value is -0.620. The fourth-order valence-electron chi connectivity index (χ4n) is 3.41. The third kappa shape index (κ3) is 4.44. The zero-order valence-corrected chi connectivity index (χ0v) is 15.2. The number of carbonyl (C=O) groups is 1. The van der Waals surface area contributed by atoms with Crippen molar-refractivity contribution in [3.05, 3.63) is 0 Å². The summed E-state index contributed by atoms with van der Waals surface area (Å²) in [6, 6.07) is 0.990. The molecule has 0 saturated carbocycles. The fraction of sp³-hybridized carbons (Fsp3) is 0.938. The van der Waals surface area contributed by atoms with Crippen molar-refractivity contribution in [3.63, 3.8) is 0 Å². The van der Waals surface area contributed by atoms with Crippen molar-refractivity contribution in [2.45, 2.75) is 82.4 Å². The highest BCUT2D eigenvalue weighted by atomic mass is 32.2. The van der Waals surface area contributed by atoms with Gasteiger partial charge in [-0.1, -0.05) is 0 Å². The van der Waals surface area contributed by atoms with Crippen LogP contribution in [0, 0.1) is 0 Å². The summed E-state index contributed by atoms with van der Waals surface area (Å²) in [5.41, 5.74) is -0.438. The highest BCUT2D eigenvalue weighted by Crippen LogP contribution is 2.36. The molecule has 5 atom stereocenters. The van der Waals surface area contributed by atoms with E-state index in [-0.39, 0.29) is 23.4 Å². The van der Waals surface area contributed by atoms with Crippen molar-refractivity contribution in [2.24, 2.45) is 0 Å². The smallest absolute Gasteiger partial charge is 0.410 e. The molecule has 2 heterocycles. The van der Waals surface area contributed by atoms with Crippen LogP contribution in [0.4, 0.5) is 4.79 Å². The lowest BCUT2D eigenvalue weighted by Crippen LogP contribution is -2.53. The van der Waals surface area contributed by atoms with Gasteiger partial charge in [-0.2, -0.15) is 0 Å². The maximum absolute atomic E-state index is 12.4. The zero-order chi connectivity index (χ0) is 16.5. The molecule has 128 valence electrons. The van der Waals surface area contributed by atoms with Crippen LogP contribution in [0.25, 0.3) is 0 Å². The number of piperidine rings is 1. The lowest BCUT2D eigenvalue weighted by molar-refractivity contribution is 0.00477. The Morgan fingerprint density at radius 2 is 1.86 bits per heavy atom. The van der Waals surface area contributed by atoms with Crippen LogP contribution in [0.5, 0.6) is 0 Å². The summed E-state index contributed by atoms with van der Waals surface area (Å²) < 4.78 is 17.0. The third-order valence-electron chi connectivity index (χ3n) is 4.60. The molecule has 1 amide bonds. The van der Waals surface area contributed by atoms with Gasteiger partial charge in [0, 0.05) is 47.0 Å². The van der Waals surface area contributed by atoms with Gasteiger partial charge in [0.2, 0.25) is 0 Å². The Bertz CT molecular complexity index is 422. The number of amides is 1. The first-order valence-electron chi connectivity index (χ1n) is 8.24. The van der Waals surface area contributed by atoms with E-state index in [9.17, 15) is 9.00 Å². The van der Waals surface area contributed by atoms with E-state index in [1.54, 1.807) is 6.26 Å². The molecule has 1 N–H and O–H groups in total. The molecule has 2 rings (SSSR count). The molecule has 5 nitrogen and oxygen atoms in total. The molecular weight excluding hydrogens is 300 g/mol. The van der Waals surface area contributed by atoms with Gasteiger partial charge in [-0.05, 0) is 53.4 Å². The van der Waals surface area contributed by atoms with Crippen LogP contribution in [-0.4, -0.2) is 57.0 Å². The first kappa shape index (κ1) is 17.7. The Balaban J connectivity index is 1.89. The topological polar surface area (TPSA) is 58.6 Å².